The molecule has 0 radical (unpaired) electrons. The summed E-state index contributed by atoms with van der Waals surface area (Å²) in [7, 11) is 0. The Labute approximate surface area is 112 Å². The van der Waals surface area contributed by atoms with Crippen molar-refractivity contribution in [3.8, 4) is 0 Å². The lowest BCUT2D eigenvalue weighted by atomic mass is 9.79. The van der Waals surface area contributed by atoms with Crippen molar-refractivity contribution in [1.29, 1.82) is 0 Å². The third-order valence-electron chi connectivity index (χ3n) is 3.93. The Kier molecular flexibility index (Phi) is 3.29. The molecule has 1 saturated carbocycles. The highest BCUT2D eigenvalue weighted by Crippen LogP contribution is 2.41. The maximum atomic E-state index is 4.95. The fourth-order valence-electron chi connectivity index (χ4n) is 2.66. The Morgan fingerprint density at radius 2 is 2.22 bits per heavy atom. The lowest BCUT2D eigenvalue weighted by Crippen LogP contribution is -2.32. The van der Waals surface area contributed by atoms with Crippen molar-refractivity contribution >= 4 is 22.6 Å². The van der Waals surface area contributed by atoms with Gasteiger partial charge in [-0.15, -0.1) is 0 Å². The summed E-state index contributed by atoms with van der Waals surface area (Å²) in [5, 5.41) is 4.44. The molecule has 1 aromatic heterocycles. The van der Waals surface area contributed by atoms with Crippen LogP contribution in [-0.4, -0.2) is 21.4 Å². The molecule has 1 spiro atoms. The molecule has 0 aromatic carbocycles. The van der Waals surface area contributed by atoms with Gasteiger partial charge in [0, 0.05) is 11.9 Å². The fraction of sp³-hybridized carbons (Fsp3) is 0.571. The van der Waals surface area contributed by atoms with E-state index in [1.54, 1.807) is 6.20 Å². The van der Waals surface area contributed by atoms with E-state index >= 15 is 0 Å². The van der Waals surface area contributed by atoms with Gasteiger partial charge in [-0.3, -0.25) is 9.98 Å². The molecule has 2 aliphatic rings. The van der Waals surface area contributed by atoms with Gasteiger partial charge in [0.25, 0.3) is 0 Å². The summed E-state index contributed by atoms with van der Waals surface area (Å²) in [5.41, 5.74) is 1.26. The first-order chi connectivity index (χ1) is 8.76. The smallest absolute Gasteiger partial charge is 0.161 e. The number of amidine groups is 1. The normalized spacial score (nSPS) is 31.4. The zero-order valence-corrected chi connectivity index (χ0v) is 11.5. The average Bonchev–Trinajstić information content (AvgIpc) is 2.78. The van der Waals surface area contributed by atoms with E-state index in [1.165, 1.54) is 25.7 Å². The molecular formula is C14H19N3S. The van der Waals surface area contributed by atoms with Gasteiger partial charge in [-0.2, -0.15) is 0 Å². The number of aromatic nitrogens is 1. The Morgan fingerprint density at radius 1 is 1.39 bits per heavy atom. The van der Waals surface area contributed by atoms with Crippen LogP contribution in [0.15, 0.2) is 29.5 Å². The molecule has 1 aromatic rings. The third-order valence-corrected chi connectivity index (χ3v) is 5.08. The summed E-state index contributed by atoms with van der Waals surface area (Å²) in [5.74, 6) is 2.02. The zero-order valence-electron chi connectivity index (χ0n) is 10.7. The van der Waals surface area contributed by atoms with Gasteiger partial charge in [0.2, 0.25) is 0 Å². The van der Waals surface area contributed by atoms with E-state index in [1.807, 2.05) is 30.1 Å². The number of nitrogens with zero attached hydrogens (tertiary/aromatic N) is 2. The number of nitrogens with one attached hydrogen (secondary N) is 1. The highest BCUT2D eigenvalue weighted by molar-refractivity contribution is 8.14. The molecule has 1 fully saturated rings. The standard InChI is InChI=1S/C14H19N3S/c1-11-4-6-14(7-5-11)10-18-13(17-14)16-12-3-2-8-15-9-12/h2-3,8-9,11H,4-7,10H2,1H3,(H,16,17). The van der Waals surface area contributed by atoms with Gasteiger partial charge in [-0.1, -0.05) is 18.7 Å². The number of anilines is 1. The van der Waals surface area contributed by atoms with Crippen LogP contribution >= 0.6 is 11.8 Å². The topological polar surface area (TPSA) is 37.3 Å². The van der Waals surface area contributed by atoms with Crippen molar-refractivity contribution in [3.05, 3.63) is 24.5 Å². The summed E-state index contributed by atoms with van der Waals surface area (Å²) in [4.78, 5) is 9.06. The van der Waals surface area contributed by atoms with E-state index in [0.29, 0.717) is 0 Å². The van der Waals surface area contributed by atoms with Crippen molar-refractivity contribution < 1.29 is 0 Å². The minimum atomic E-state index is 0.224. The number of hydrogen-bond acceptors (Lipinski definition) is 4. The van der Waals surface area contributed by atoms with Crippen molar-refractivity contribution in [1.82, 2.24) is 4.98 Å². The van der Waals surface area contributed by atoms with E-state index in [9.17, 15) is 0 Å². The molecule has 0 atom stereocenters. The van der Waals surface area contributed by atoms with Crippen LogP contribution in [0.1, 0.15) is 32.6 Å². The van der Waals surface area contributed by atoms with E-state index in [4.69, 9.17) is 4.99 Å². The second kappa shape index (κ2) is 4.92. The van der Waals surface area contributed by atoms with Crippen LogP contribution in [0.5, 0.6) is 0 Å². The van der Waals surface area contributed by atoms with Gasteiger partial charge in [0.15, 0.2) is 5.17 Å². The molecule has 4 heteroatoms. The quantitative estimate of drug-likeness (QED) is 0.840. The molecule has 3 rings (SSSR count). The lowest BCUT2D eigenvalue weighted by molar-refractivity contribution is 0.273. The number of pyridine rings is 1. The number of aliphatic imine (C=N–C) groups is 1. The molecule has 1 aliphatic heterocycles. The minimum Gasteiger partial charge on any atom is -0.334 e. The largest absolute Gasteiger partial charge is 0.334 e. The number of rotatable bonds is 1. The maximum absolute atomic E-state index is 4.95. The van der Waals surface area contributed by atoms with E-state index < -0.39 is 0 Å². The Morgan fingerprint density at radius 3 is 2.94 bits per heavy atom. The van der Waals surface area contributed by atoms with Gasteiger partial charge in [0.05, 0.1) is 17.4 Å². The van der Waals surface area contributed by atoms with Gasteiger partial charge in [-0.05, 0) is 43.7 Å². The maximum Gasteiger partial charge on any atom is 0.161 e. The summed E-state index contributed by atoms with van der Waals surface area (Å²) < 4.78 is 0. The van der Waals surface area contributed by atoms with E-state index in [-0.39, 0.29) is 5.54 Å². The predicted octanol–water partition coefficient (Wildman–Crippen LogP) is 3.55. The van der Waals surface area contributed by atoms with Crippen molar-refractivity contribution in [2.24, 2.45) is 10.9 Å². The summed E-state index contributed by atoms with van der Waals surface area (Å²) in [6, 6.07) is 3.98. The number of thioether (sulfide) groups is 1. The highest BCUT2D eigenvalue weighted by Gasteiger charge is 2.38. The first-order valence-electron chi connectivity index (χ1n) is 6.65. The van der Waals surface area contributed by atoms with Crippen LogP contribution < -0.4 is 5.32 Å². The molecular weight excluding hydrogens is 242 g/mol. The van der Waals surface area contributed by atoms with Crippen LogP contribution in [0.4, 0.5) is 5.69 Å². The third kappa shape index (κ3) is 2.53. The van der Waals surface area contributed by atoms with Gasteiger partial charge < -0.3 is 5.32 Å². The van der Waals surface area contributed by atoms with Crippen LogP contribution in [0.3, 0.4) is 0 Å². The summed E-state index contributed by atoms with van der Waals surface area (Å²) in [6.45, 7) is 2.35. The average molecular weight is 261 g/mol. The van der Waals surface area contributed by atoms with Crippen LogP contribution in [0.2, 0.25) is 0 Å². The molecule has 0 bridgehead atoms. The summed E-state index contributed by atoms with van der Waals surface area (Å²) in [6.07, 6.45) is 8.78. The fourth-order valence-corrected chi connectivity index (χ4v) is 3.87. The van der Waals surface area contributed by atoms with Crippen LogP contribution in [0, 0.1) is 5.92 Å². The Bertz CT molecular complexity index is 436. The van der Waals surface area contributed by atoms with E-state index in [0.717, 1.165) is 22.5 Å². The monoisotopic (exact) mass is 261 g/mol. The van der Waals surface area contributed by atoms with E-state index in [2.05, 4.69) is 17.2 Å². The first-order valence-corrected chi connectivity index (χ1v) is 7.64. The van der Waals surface area contributed by atoms with Crippen molar-refractivity contribution in [3.63, 3.8) is 0 Å². The van der Waals surface area contributed by atoms with Crippen molar-refractivity contribution in [2.75, 3.05) is 11.1 Å². The molecule has 1 N–H and O–H groups in total. The molecule has 2 heterocycles. The van der Waals surface area contributed by atoms with Crippen molar-refractivity contribution in [2.45, 2.75) is 38.1 Å². The molecule has 3 nitrogen and oxygen atoms in total. The Hall–Kier alpha value is -1.03. The second-order valence-corrected chi connectivity index (χ2v) is 6.44. The number of hydrogen-bond donors (Lipinski definition) is 1. The molecule has 0 saturated heterocycles. The van der Waals surface area contributed by atoms with Crippen LogP contribution in [-0.2, 0) is 0 Å². The highest BCUT2D eigenvalue weighted by atomic mass is 32.2. The zero-order chi connectivity index (χ0) is 12.4. The second-order valence-electron chi connectivity index (χ2n) is 5.48. The SMILES string of the molecule is CC1CCC2(CC1)CSC(Nc1cccnc1)=N2. The van der Waals surface area contributed by atoms with Crippen LogP contribution in [0.25, 0.3) is 0 Å². The molecule has 18 heavy (non-hydrogen) atoms. The first kappa shape index (κ1) is 12.0. The van der Waals surface area contributed by atoms with Gasteiger partial charge >= 0.3 is 0 Å². The minimum absolute atomic E-state index is 0.224. The molecule has 1 aliphatic carbocycles. The van der Waals surface area contributed by atoms with Gasteiger partial charge in [0.1, 0.15) is 0 Å². The lowest BCUT2D eigenvalue weighted by Gasteiger charge is -2.32. The molecule has 0 unspecified atom stereocenters. The predicted molar refractivity (Wildman–Crippen MR) is 78.1 cm³/mol. The Balaban J connectivity index is 1.68. The molecule has 0 amide bonds. The summed E-state index contributed by atoms with van der Waals surface area (Å²) >= 11 is 1.85. The van der Waals surface area contributed by atoms with Gasteiger partial charge in [-0.25, -0.2) is 0 Å². The molecule has 96 valence electrons.